The Labute approximate surface area is 131 Å². The third-order valence-electron chi connectivity index (χ3n) is 5.29. The number of rotatable bonds is 2. The first-order valence-corrected chi connectivity index (χ1v) is 8.21. The monoisotopic (exact) mass is 282 g/mol. The molecule has 0 N–H and O–H groups in total. The van der Waals surface area contributed by atoms with E-state index in [-0.39, 0.29) is 0 Å². The van der Waals surface area contributed by atoms with Gasteiger partial charge in [0.05, 0.1) is 0 Å². The van der Waals surface area contributed by atoms with Crippen molar-refractivity contribution in [1.82, 2.24) is 0 Å². The topological polar surface area (TPSA) is 0 Å². The molecule has 0 spiro atoms. The van der Waals surface area contributed by atoms with E-state index in [4.69, 9.17) is 0 Å². The highest BCUT2D eigenvalue weighted by atomic mass is 14.2. The average Bonchev–Trinajstić information content (AvgIpc) is 2.50. The molecule has 5 rings (SSSR count). The van der Waals surface area contributed by atoms with E-state index in [0.29, 0.717) is 0 Å². The standard InChI is InChI=1S/C22H18/c1-2-16(20-10-6-18-8-12-22(18)14-20)4-3-15(1)19-9-5-17-7-11-21(17)13-19/h1-6,9-10,13-14H,7-8,11-12H2. The molecule has 106 valence electrons. The number of benzene rings is 3. The van der Waals surface area contributed by atoms with Crippen molar-refractivity contribution in [3.05, 3.63) is 82.9 Å². The van der Waals surface area contributed by atoms with Gasteiger partial charge in [0.1, 0.15) is 0 Å². The van der Waals surface area contributed by atoms with E-state index in [1.54, 1.807) is 0 Å². The Bertz CT molecular complexity index is 795. The zero-order valence-electron chi connectivity index (χ0n) is 12.6. The van der Waals surface area contributed by atoms with E-state index in [0.717, 1.165) is 0 Å². The van der Waals surface area contributed by atoms with E-state index in [1.165, 1.54) is 70.2 Å². The van der Waals surface area contributed by atoms with Crippen molar-refractivity contribution >= 4 is 0 Å². The van der Waals surface area contributed by atoms with Crippen LogP contribution >= 0.6 is 0 Å². The van der Waals surface area contributed by atoms with Crippen LogP contribution in [0.2, 0.25) is 0 Å². The second kappa shape index (κ2) is 4.58. The molecule has 22 heavy (non-hydrogen) atoms. The molecular formula is C22H18. The molecule has 0 radical (unpaired) electrons. The molecule has 3 aromatic rings. The second-order valence-corrected chi connectivity index (χ2v) is 6.54. The van der Waals surface area contributed by atoms with Gasteiger partial charge in [-0.05, 0) is 70.2 Å². The van der Waals surface area contributed by atoms with Crippen molar-refractivity contribution in [2.45, 2.75) is 25.7 Å². The van der Waals surface area contributed by atoms with Crippen molar-refractivity contribution in [1.29, 1.82) is 0 Å². The molecule has 0 amide bonds. The lowest BCUT2D eigenvalue weighted by Gasteiger charge is -2.20. The summed E-state index contributed by atoms with van der Waals surface area (Å²) in [4.78, 5) is 0. The Balaban J connectivity index is 1.49. The van der Waals surface area contributed by atoms with Crippen LogP contribution in [0, 0.1) is 0 Å². The van der Waals surface area contributed by atoms with Gasteiger partial charge in [0.25, 0.3) is 0 Å². The predicted molar refractivity (Wildman–Crippen MR) is 92.1 cm³/mol. The van der Waals surface area contributed by atoms with Crippen molar-refractivity contribution in [3.63, 3.8) is 0 Å². The predicted octanol–water partition coefficient (Wildman–Crippen LogP) is 5.22. The number of fused-ring (bicyclic) bond motifs is 2. The Morgan fingerprint density at radius 3 is 1.05 bits per heavy atom. The van der Waals surface area contributed by atoms with Crippen LogP contribution in [0.15, 0.2) is 60.7 Å². The highest BCUT2D eigenvalue weighted by Gasteiger charge is 2.14. The lowest BCUT2D eigenvalue weighted by Crippen LogP contribution is -2.07. The number of aryl methyl sites for hydroxylation is 4. The molecule has 0 saturated heterocycles. The number of hydrogen-bond donors (Lipinski definition) is 0. The summed E-state index contributed by atoms with van der Waals surface area (Å²) >= 11 is 0. The van der Waals surface area contributed by atoms with Gasteiger partial charge >= 0.3 is 0 Å². The lowest BCUT2D eigenvalue weighted by molar-refractivity contribution is 0.840. The van der Waals surface area contributed by atoms with E-state index in [2.05, 4.69) is 60.7 Å². The molecule has 0 fully saturated rings. The molecular weight excluding hydrogens is 264 g/mol. The fourth-order valence-corrected chi connectivity index (χ4v) is 3.60. The molecule has 2 aliphatic carbocycles. The van der Waals surface area contributed by atoms with E-state index in [9.17, 15) is 0 Å². The summed E-state index contributed by atoms with van der Waals surface area (Å²) in [5.74, 6) is 0. The molecule has 0 aliphatic heterocycles. The molecule has 2 aliphatic rings. The van der Waals surface area contributed by atoms with Gasteiger partial charge in [0.2, 0.25) is 0 Å². The minimum absolute atomic E-state index is 1.25. The first-order valence-electron chi connectivity index (χ1n) is 8.21. The van der Waals surface area contributed by atoms with Crippen LogP contribution in [0.1, 0.15) is 22.3 Å². The average molecular weight is 282 g/mol. The quantitative estimate of drug-likeness (QED) is 0.604. The van der Waals surface area contributed by atoms with Gasteiger partial charge in [-0.3, -0.25) is 0 Å². The molecule has 0 atom stereocenters. The maximum Gasteiger partial charge on any atom is -0.0181 e. The summed E-state index contributed by atoms with van der Waals surface area (Å²) in [7, 11) is 0. The summed E-state index contributed by atoms with van der Waals surface area (Å²) in [5.41, 5.74) is 11.5. The highest BCUT2D eigenvalue weighted by molar-refractivity contribution is 5.72. The number of hydrogen-bond acceptors (Lipinski definition) is 0. The molecule has 0 bridgehead atoms. The van der Waals surface area contributed by atoms with Gasteiger partial charge in [-0.2, -0.15) is 0 Å². The van der Waals surface area contributed by atoms with Gasteiger partial charge in [-0.25, -0.2) is 0 Å². The zero-order chi connectivity index (χ0) is 14.5. The van der Waals surface area contributed by atoms with Crippen LogP contribution in [0.25, 0.3) is 22.3 Å². The molecule has 0 heterocycles. The van der Waals surface area contributed by atoms with E-state index >= 15 is 0 Å². The molecule has 0 saturated carbocycles. The molecule has 0 aromatic heterocycles. The largest absolute Gasteiger partial charge is 0.0581 e. The van der Waals surface area contributed by atoms with Crippen molar-refractivity contribution in [2.24, 2.45) is 0 Å². The van der Waals surface area contributed by atoms with Gasteiger partial charge in [0.15, 0.2) is 0 Å². The maximum atomic E-state index is 2.36. The summed E-state index contributed by atoms with van der Waals surface area (Å²) in [6, 6.07) is 22.9. The molecule has 3 aromatic carbocycles. The van der Waals surface area contributed by atoms with Crippen molar-refractivity contribution in [2.75, 3.05) is 0 Å². The Morgan fingerprint density at radius 1 is 0.364 bits per heavy atom. The van der Waals surface area contributed by atoms with Crippen molar-refractivity contribution in [3.8, 4) is 22.3 Å². The SMILES string of the molecule is c1cc(-c2ccc3c(c2)CC3)ccc1-c1ccc2c(c1)CC2. The Morgan fingerprint density at radius 2 is 0.727 bits per heavy atom. The molecule has 0 heteroatoms. The van der Waals surface area contributed by atoms with Gasteiger partial charge in [-0.1, -0.05) is 60.7 Å². The fraction of sp³-hybridized carbons (Fsp3) is 0.182. The second-order valence-electron chi connectivity index (χ2n) is 6.54. The van der Waals surface area contributed by atoms with Crippen LogP contribution in [0.5, 0.6) is 0 Å². The van der Waals surface area contributed by atoms with Crippen molar-refractivity contribution < 1.29 is 0 Å². The minimum Gasteiger partial charge on any atom is -0.0581 e. The first kappa shape index (κ1) is 12.2. The smallest absolute Gasteiger partial charge is 0.0181 e. The third-order valence-corrected chi connectivity index (χ3v) is 5.29. The highest BCUT2D eigenvalue weighted by Crippen LogP contribution is 2.32. The summed E-state index contributed by atoms with van der Waals surface area (Å²) in [5, 5.41) is 0. The van der Waals surface area contributed by atoms with Gasteiger partial charge < -0.3 is 0 Å². The van der Waals surface area contributed by atoms with E-state index < -0.39 is 0 Å². The molecule has 0 unspecified atom stereocenters. The normalized spacial score (nSPS) is 14.5. The van der Waals surface area contributed by atoms with E-state index in [1.807, 2.05) is 0 Å². The maximum absolute atomic E-state index is 2.36. The van der Waals surface area contributed by atoms with Crippen LogP contribution in [0.3, 0.4) is 0 Å². The minimum atomic E-state index is 1.25. The Kier molecular flexibility index (Phi) is 2.54. The zero-order valence-corrected chi connectivity index (χ0v) is 12.6. The van der Waals surface area contributed by atoms with Crippen LogP contribution in [-0.2, 0) is 25.7 Å². The Hall–Kier alpha value is -2.34. The first-order chi connectivity index (χ1) is 10.9. The summed E-state index contributed by atoms with van der Waals surface area (Å²) in [6.45, 7) is 0. The van der Waals surface area contributed by atoms with Gasteiger partial charge in [0, 0.05) is 0 Å². The summed E-state index contributed by atoms with van der Waals surface area (Å²) < 4.78 is 0. The lowest BCUT2D eigenvalue weighted by atomic mass is 9.85. The fourth-order valence-electron chi connectivity index (χ4n) is 3.60. The van der Waals surface area contributed by atoms with Crippen LogP contribution in [-0.4, -0.2) is 0 Å². The van der Waals surface area contributed by atoms with Crippen LogP contribution in [0.4, 0.5) is 0 Å². The van der Waals surface area contributed by atoms with Gasteiger partial charge in [-0.15, -0.1) is 0 Å². The summed E-state index contributed by atoms with van der Waals surface area (Å²) in [6.07, 6.45) is 5.01. The van der Waals surface area contributed by atoms with Crippen LogP contribution < -0.4 is 0 Å². The third kappa shape index (κ3) is 1.84. The molecule has 0 nitrogen and oxygen atoms in total.